The third-order valence-electron chi connectivity index (χ3n) is 5.07. The molecule has 1 atom stereocenters. The molecule has 0 bridgehead atoms. The molecule has 0 saturated heterocycles. The molecule has 0 aliphatic carbocycles. The van der Waals surface area contributed by atoms with Crippen LogP contribution in [0.2, 0.25) is 0 Å². The Balaban J connectivity index is 2.10. The topological polar surface area (TPSA) is 88.7 Å². The first-order valence-electron chi connectivity index (χ1n) is 10.3. The zero-order valence-corrected chi connectivity index (χ0v) is 17.9. The maximum atomic E-state index is 12.9. The summed E-state index contributed by atoms with van der Waals surface area (Å²) in [7, 11) is 3.12. The zero-order chi connectivity index (χ0) is 21.2. The summed E-state index contributed by atoms with van der Waals surface area (Å²) in [6, 6.07) is 4.47. The Morgan fingerprint density at radius 3 is 2.45 bits per heavy atom. The van der Waals surface area contributed by atoms with Crippen molar-refractivity contribution in [2.24, 2.45) is 0 Å². The Morgan fingerprint density at radius 1 is 1.07 bits per heavy atom. The van der Waals surface area contributed by atoms with E-state index in [0.29, 0.717) is 29.3 Å². The lowest BCUT2D eigenvalue weighted by atomic mass is 9.94. The highest BCUT2D eigenvalue weighted by atomic mass is 16.5. The molecular formula is C22H33N3O4. The monoisotopic (exact) mass is 403 g/mol. The number of amides is 3. The van der Waals surface area contributed by atoms with Crippen LogP contribution in [0.1, 0.15) is 64.0 Å². The van der Waals surface area contributed by atoms with E-state index in [9.17, 15) is 9.59 Å². The Kier molecular flexibility index (Phi) is 8.83. The van der Waals surface area contributed by atoms with Gasteiger partial charge in [-0.1, -0.05) is 45.1 Å². The number of nitrogens with one attached hydrogen (secondary N) is 3. The molecule has 3 N–H and O–H groups in total. The molecule has 0 aromatic heterocycles. The number of hydrogen-bond donors (Lipinski definition) is 3. The standard InChI is InChI=1S/C22H33N3O4/c1-5-6-7-8-9-10-13-23-21(26)19-15(2)24-22(27)25-20(19)16-11-12-17(28-3)18(14-16)29-4/h11-12,14,20H,5-10,13H2,1-4H3,(H,23,26)(H2,24,25,27). The van der Waals surface area contributed by atoms with Crippen LogP contribution in [-0.2, 0) is 4.79 Å². The highest BCUT2D eigenvalue weighted by Gasteiger charge is 2.31. The van der Waals surface area contributed by atoms with Crippen molar-refractivity contribution in [1.82, 2.24) is 16.0 Å². The minimum Gasteiger partial charge on any atom is -0.493 e. The normalized spacial score (nSPS) is 16.1. The van der Waals surface area contributed by atoms with Crippen molar-refractivity contribution in [2.75, 3.05) is 20.8 Å². The molecule has 1 aliphatic heterocycles. The fourth-order valence-corrected chi connectivity index (χ4v) is 3.48. The Morgan fingerprint density at radius 2 is 1.76 bits per heavy atom. The summed E-state index contributed by atoms with van der Waals surface area (Å²) in [5.41, 5.74) is 1.80. The van der Waals surface area contributed by atoms with Crippen molar-refractivity contribution >= 4 is 11.9 Å². The number of carbonyl (C=O) groups is 2. The number of benzene rings is 1. The second-order valence-electron chi connectivity index (χ2n) is 7.21. The lowest BCUT2D eigenvalue weighted by Crippen LogP contribution is -2.47. The van der Waals surface area contributed by atoms with Crippen molar-refractivity contribution in [3.8, 4) is 11.5 Å². The lowest BCUT2D eigenvalue weighted by molar-refractivity contribution is -0.117. The Hall–Kier alpha value is -2.70. The Bertz CT molecular complexity index is 746. The number of carbonyl (C=O) groups excluding carboxylic acids is 2. The number of rotatable bonds is 11. The SMILES string of the molecule is CCCCCCCCNC(=O)C1=C(C)NC(=O)NC1c1ccc(OC)c(OC)c1. The number of methoxy groups -OCH3 is 2. The van der Waals surface area contributed by atoms with Crippen LogP contribution < -0.4 is 25.4 Å². The molecule has 0 fully saturated rings. The van der Waals surface area contributed by atoms with E-state index in [-0.39, 0.29) is 11.9 Å². The number of ether oxygens (including phenoxy) is 2. The van der Waals surface area contributed by atoms with Gasteiger partial charge in [0.15, 0.2) is 11.5 Å². The molecule has 1 aromatic carbocycles. The second kappa shape index (κ2) is 11.3. The molecule has 1 aliphatic rings. The van der Waals surface area contributed by atoms with Crippen molar-refractivity contribution in [3.05, 3.63) is 35.0 Å². The molecule has 0 spiro atoms. The summed E-state index contributed by atoms with van der Waals surface area (Å²) in [4.78, 5) is 24.9. The molecule has 3 amide bonds. The van der Waals surface area contributed by atoms with Gasteiger partial charge < -0.3 is 25.4 Å². The number of hydrogen-bond acceptors (Lipinski definition) is 4. The first kappa shape index (κ1) is 22.6. The summed E-state index contributed by atoms with van der Waals surface area (Å²) in [6.45, 7) is 4.56. The zero-order valence-electron chi connectivity index (χ0n) is 17.9. The van der Waals surface area contributed by atoms with Crippen LogP contribution >= 0.6 is 0 Å². The third kappa shape index (κ3) is 6.14. The number of unbranched alkanes of at least 4 members (excludes halogenated alkanes) is 5. The van der Waals surface area contributed by atoms with Gasteiger partial charge in [0.05, 0.1) is 25.8 Å². The van der Waals surface area contributed by atoms with Gasteiger partial charge in [0.1, 0.15) is 0 Å². The molecule has 160 valence electrons. The average Bonchev–Trinajstić information content (AvgIpc) is 2.71. The molecule has 7 heteroatoms. The van der Waals surface area contributed by atoms with Gasteiger partial charge >= 0.3 is 6.03 Å². The van der Waals surface area contributed by atoms with Gasteiger partial charge in [-0.2, -0.15) is 0 Å². The fraction of sp³-hybridized carbons (Fsp3) is 0.545. The average molecular weight is 404 g/mol. The van der Waals surface area contributed by atoms with E-state index in [1.54, 1.807) is 33.3 Å². The Labute approximate surface area is 173 Å². The van der Waals surface area contributed by atoms with Crippen LogP contribution in [0.15, 0.2) is 29.5 Å². The fourth-order valence-electron chi connectivity index (χ4n) is 3.48. The number of urea groups is 1. The summed E-state index contributed by atoms with van der Waals surface area (Å²) in [6.07, 6.45) is 6.97. The molecule has 1 unspecified atom stereocenters. The van der Waals surface area contributed by atoms with Crippen LogP contribution in [-0.4, -0.2) is 32.7 Å². The molecule has 29 heavy (non-hydrogen) atoms. The largest absolute Gasteiger partial charge is 0.493 e. The maximum absolute atomic E-state index is 12.9. The third-order valence-corrected chi connectivity index (χ3v) is 5.07. The van der Waals surface area contributed by atoms with Crippen LogP contribution in [0.3, 0.4) is 0 Å². The van der Waals surface area contributed by atoms with Gasteiger partial charge in [0.25, 0.3) is 5.91 Å². The van der Waals surface area contributed by atoms with Crippen molar-refractivity contribution in [3.63, 3.8) is 0 Å². The van der Waals surface area contributed by atoms with Gasteiger partial charge in [-0.3, -0.25) is 4.79 Å². The first-order valence-corrected chi connectivity index (χ1v) is 10.3. The van der Waals surface area contributed by atoms with Crippen LogP contribution in [0, 0.1) is 0 Å². The summed E-state index contributed by atoms with van der Waals surface area (Å²) >= 11 is 0. The maximum Gasteiger partial charge on any atom is 0.319 e. The van der Waals surface area contributed by atoms with Gasteiger partial charge in [-0.25, -0.2) is 4.79 Å². The summed E-state index contributed by atoms with van der Waals surface area (Å²) in [5.74, 6) is 0.955. The van der Waals surface area contributed by atoms with Crippen LogP contribution in [0.4, 0.5) is 4.79 Å². The van der Waals surface area contributed by atoms with E-state index in [0.717, 1.165) is 18.4 Å². The van der Waals surface area contributed by atoms with E-state index >= 15 is 0 Å². The quantitative estimate of drug-likeness (QED) is 0.490. The number of allylic oxidation sites excluding steroid dienone is 1. The molecule has 0 saturated carbocycles. The molecule has 1 heterocycles. The smallest absolute Gasteiger partial charge is 0.319 e. The molecule has 2 rings (SSSR count). The van der Waals surface area contributed by atoms with E-state index in [1.165, 1.54) is 25.7 Å². The van der Waals surface area contributed by atoms with Crippen LogP contribution in [0.25, 0.3) is 0 Å². The highest BCUT2D eigenvalue weighted by Crippen LogP contribution is 2.34. The minimum absolute atomic E-state index is 0.177. The first-order chi connectivity index (χ1) is 14.0. The molecule has 0 radical (unpaired) electrons. The molecule has 7 nitrogen and oxygen atoms in total. The summed E-state index contributed by atoms with van der Waals surface area (Å²) in [5, 5.41) is 8.54. The lowest BCUT2D eigenvalue weighted by Gasteiger charge is -2.29. The van der Waals surface area contributed by atoms with Crippen molar-refractivity contribution < 1.29 is 19.1 Å². The highest BCUT2D eigenvalue weighted by molar-refractivity contribution is 5.98. The van der Waals surface area contributed by atoms with Gasteiger partial charge in [0.2, 0.25) is 0 Å². The van der Waals surface area contributed by atoms with Gasteiger partial charge in [-0.05, 0) is 31.0 Å². The molecule has 1 aromatic rings. The minimum atomic E-state index is -0.562. The second-order valence-corrected chi connectivity index (χ2v) is 7.21. The van der Waals surface area contributed by atoms with Crippen molar-refractivity contribution in [1.29, 1.82) is 0 Å². The summed E-state index contributed by atoms with van der Waals surface area (Å²) < 4.78 is 10.6. The van der Waals surface area contributed by atoms with E-state index < -0.39 is 6.04 Å². The van der Waals surface area contributed by atoms with E-state index in [1.807, 2.05) is 6.07 Å². The van der Waals surface area contributed by atoms with Crippen LogP contribution in [0.5, 0.6) is 11.5 Å². The van der Waals surface area contributed by atoms with E-state index in [4.69, 9.17) is 9.47 Å². The van der Waals surface area contributed by atoms with Gasteiger partial charge in [-0.15, -0.1) is 0 Å². The molecular weight excluding hydrogens is 370 g/mol. The van der Waals surface area contributed by atoms with E-state index in [2.05, 4.69) is 22.9 Å². The predicted molar refractivity (Wildman–Crippen MR) is 113 cm³/mol. The predicted octanol–water partition coefficient (Wildman–Crippen LogP) is 3.81. The van der Waals surface area contributed by atoms with Gasteiger partial charge in [0, 0.05) is 12.2 Å². The van der Waals surface area contributed by atoms with Crippen molar-refractivity contribution in [2.45, 2.75) is 58.4 Å².